The summed E-state index contributed by atoms with van der Waals surface area (Å²) >= 11 is 0. The van der Waals surface area contributed by atoms with Gasteiger partial charge in [-0.3, -0.25) is 0 Å². The minimum absolute atomic E-state index is 0.580. The summed E-state index contributed by atoms with van der Waals surface area (Å²) in [6.07, 6.45) is 2.33. The summed E-state index contributed by atoms with van der Waals surface area (Å²) in [7, 11) is 0. The normalized spacial score (nSPS) is 8.93. The fourth-order valence-corrected chi connectivity index (χ4v) is 1.12. The summed E-state index contributed by atoms with van der Waals surface area (Å²) in [5.41, 5.74) is 0.631. The lowest BCUT2D eigenvalue weighted by atomic mass is 10.2. The van der Waals surface area contributed by atoms with Crippen molar-refractivity contribution in [3.05, 3.63) is 29.8 Å². The smallest absolute Gasteiger partial charge is 0.119 e. The molecule has 0 saturated carbocycles. The Kier molecular flexibility index (Phi) is 4.77. The van der Waals surface area contributed by atoms with Crippen molar-refractivity contribution in [1.82, 2.24) is 0 Å². The average Bonchev–Trinajstić information content (AvgIpc) is 2.30. The van der Waals surface area contributed by atoms with E-state index in [1.807, 2.05) is 6.07 Å². The van der Waals surface area contributed by atoms with Gasteiger partial charge >= 0.3 is 0 Å². The maximum Gasteiger partial charge on any atom is 0.119 e. The predicted molar refractivity (Wildman–Crippen MR) is 56.1 cm³/mol. The Labute approximate surface area is 89.5 Å². The number of rotatable bonds is 5. The second-order valence-electron chi connectivity index (χ2n) is 3.10. The highest BCUT2D eigenvalue weighted by Crippen LogP contribution is 2.12. The first-order valence-corrected chi connectivity index (χ1v) is 4.86. The number of hydrogen-bond donors (Lipinski definition) is 0. The quantitative estimate of drug-likeness (QED) is 0.686. The lowest BCUT2D eigenvalue weighted by Crippen LogP contribution is -1.96. The fourth-order valence-electron chi connectivity index (χ4n) is 1.12. The second-order valence-corrected chi connectivity index (χ2v) is 3.10. The van der Waals surface area contributed by atoms with Crippen molar-refractivity contribution in [2.75, 3.05) is 6.61 Å². The van der Waals surface area contributed by atoms with E-state index in [0.29, 0.717) is 18.6 Å². The first kappa shape index (κ1) is 11.1. The van der Waals surface area contributed by atoms with Crippen LogP contribution in [0, 0.1) is 22.7 Å². The molecule has 0 fully saturated rings. The number of benzene rings is 1. The van der Waals surface area contributed by atoms with E-state index in [1.165, 1.54) is 0 Å². The van der Waals surface area contributed by atoms with Crippen molar-refractivity contribution in [1.29, 1.82) is 10.5 Å². The van der Waals surface area contributed by atoms with Crippen LogP contribution in [0.25, 0.3) is 0 Å². The van der Waals surface area contributed by atoms with Crippen LogP contribution in [-0.4, -0.2) is 6.61 Å². The molecule has 1 rings (SSSR count). The molecule has 0 saturated heterocycles. The molecule has 3 nitrogen and oxygen atoms in total. The van der Waals surface area contributed by atoms with E-state index in [4.69, 9.17) is 15.3 Å². The van der Waals surface area contributed by atoms with Crippen LogP contribution in [0.15, 0.2) is 24.3 Å². The summed E-state index contributed by atoms with van der Waals surface area (Å²) in [6, 6.07) is 11.2. The van der Waals surface area contributed by atoms with Crippen LogP contribution in [0.1, 0.15) is 24.8 Å². The summed E-state index contributed by atoms with van der Waals surface area (Å²) in [6.45, 7) is 0.619. The molecule has 1 aromatic carbocycles. The molecule has 0 N–H and O–H groups in total. The van der Waals surface area contributed by atoms with Gasteiger partial charge in [0, 0.05) is 6.42 Å². The summed E-state index contributed by atoms with van der Waals surface area (Å²) in [5, 5.41) is 16.9. The zero-order valence-corrected chi connectivity index (χ0v) is 8.44. The molecular formula is C12H12N2O. The molecule has 1 aromatic rings. The van der Waals surface area contributed by atoms with Crippen LogP contribution in [0.5, 0.6) is 5.75 Å². The number of unbranched alkanes of at least 4 members (excludes halogenated alkanes) is 2. The van der Waals surface area contributed by atoms with Gasteiger partial charge in [0.25, 0.3) is 0 Å². The van der Waals surface area contributed by atoms with Gasteiger partial charge in [0.2, 0.25) is 0 Å². The van der Waals surface area contributed by atoms with Gasteiger partial charge in [-0.25, -0.2) is 0 Å². The van der Waals surface area contributed by atoms with E-state index in [1.54, 1.807) is 24.3 Å². The standard InChI is InChI=1S/C12H12N2O/c13-8-2-1-3-9-15-12-6-4-11(10-14)5-7-12/h4-7H,1-3,9H2. The van der Waals surface area contributed by atoms with Crippen LogP contribution >= 0.6 is 0 Å². The van der Waals surface area contributed by atoms with Crippen LogP contribution in [0.3, 0.4) is 0 Å². The number of nitrogens with zero attached hydrogens (tertiary/aromatic N) is 2. The number of nitriles is 2. The number of hydrogen-bond acceptors (Lipinski definition) is 3. The third-order valence-corrected chi connectivity index (χ3v) is 1.94. The lowest BCUT2D eigenvalue weighted by Gasteiger charge is -2.04. The zero-order chi connectivity index (χ0) is 10.9. The summed E-state index contributed by atoms with van der Waals surface area (Å²) in [4.78, 5) is 0. The maximum atomic E-state index is 8.58. The molecule has 0 bridgehead atoms. The van der Waals surface area contributed by atoms with Gasteiger partial charge in [-0.1, -0.05) is 0 Å². The molecule has 0 aliphatic heterocycles. The molecule has 0 radical (unpaired) electrons. The molecule has 0 amide bonds. The molecule has 0 heterocycles. The van der Waals surface area contributed by atoms with Crippen molar-refractivity contribution in [2.45, 2.75) is 19.3 Å². The zero-order valence-electron chi connectivity index (χ0n) is 8.44. The van der Waals surface area contributed by atoms with E-state index in [-0.39, 0.29) is 0 Å². The van der Waals surface area contributed by atoms with Crippen LogP contribution in [0.4, 0.5) is 0 Å². The topological polar surface area (TPSA) is 56.8 Å². The van der Waals surface area contributed by atoms with Gasteiger partial charge < -0.3 is 4.74 Å². The van der Waals surface area contributed by atoms with E-state index >= 15 is 0 Å². The molecule has 0 aliphatic rings. The van der Waals surface area contributed by atoms with Crippen molar-refractivity contribution < 1.29 is 4.74 Å². The first-order valence-electron chi connectivity index (χ1n) is 4.86. The van der Waals surface area contributed by atoms with E-state index in [2.05, 4.69) is 6.07 Å². The van der Waals surface area contributed by atoms with Crippen LogP contribution in [-0.2, 0) is 0 Å². The van der Waals surface area contributed by atoms with Gasteiger partial charge in [-0.05, 0) is 37.1 Å². The molecule has 0 unspecified atom stereocenters. The fraction of sp³-hybridized carbons (Fsp3) is 0.333. The summed E-state index contributed by atoms with van der Waals surface area (Å²) in [5.74, 6) is 0.769. The SMILES string of the molecule is N#CCCCCOc1ccc(C#N)cc1. The van der Waals surface area contributed by atoms with Crippen molar-refractivity contribution in [3.8, 4) is 17.9 Å². The Morgan fingerprint density at radius 2 is 1.80 bits per heavy atom. The molecule has 76 valence electrons. The highest BCUT2D eigenvalue weighted by molar-refractivity contribution is 5.34. The minimum Gasteiger partial charge on any atom is -0.494 e. The highest BCUT2D eigenvalue weighted by atomic mass is 16.5. The predicted octanol–water partition coefficient (Wildman–Crippen LogP) is 2.63. The molecule has 15 heavy (non-hydrogen) atoms. The Balaban J connectivity index is 2.27. The van der Waals surface area contributed by atoms with E-state index < -0.39 is 0 Å². The molecular weight excluding hydrogens is 188 g/mol. The van der Waals surface area contributed by atoms with E-state index in [0.717, 1.165) is 18.6 Å². The Bertz CT molecular complexity index is 370. The van der Waals surface area contributed by atoms with Crippen molar-refractivity contribution >= 4 is 0 Å². The number of ether oxygens (including phenoxy) is 1. The van der Waals surface area contributed by atoms with Gasteiger partial charge in [0.05, 0.1) is 24.3 Å². The van der Waals surface area contributed by atoms with Crippen LogP contribution < -0.4 is 4.74 Å². The van der Waals surface area contributed by atoms with Crippen molar-refractivity contribution in [3.63, 3.8) is 0 Å². The molecule has 0 spiro atoms. The highest BCUT2D eigenvalue weighted by Gasteiger charge is 1.94. The first-order chi connectivity index (χ1) is 7.36. The largest absolute Gasteiger partial charge is 0.494 e. The lowest BCUT2D eigenvalue weighted by molar-refractivity contribution is 0.307. The summed E-state index contributed by atoms with van der Waals surface area (Å²) < 4.78 is 5.43. The van der Waals surface area contributed by atoms with Gasteiger partial charge in [0.15, 0.2) is 0 Å². The van der Waals surface area contributed by atoms with E-state index in [9.17, 15) is 0 Å². The van der Waals surface area contributed by atoms with Crippen LogP contribution in [0.2, 0.25) is 0 Å². The maximum absolute atomic E-state index is 8.58. The average molecular weight is 200 g/mol. The third kappa shape index (κ3) is 4.15. The monoisotopic (exact) mass is 200 g/mol. The Hall–Kier alpha value is -2.00. The second kappa shape index (κ2) is 6.45. The molecule has 0 atom stereocenters. The molecule has 3 heteroatoms. The molecule has 0 aliphatic carbocycles. The minimum atomic E-state index is 0.580. The van der Waals surface area contributed by atoms with Gasteiger partial charge in [0.1, 0.15) is 5.75 Å². The Morgan fingerprint density at radius 3 is 2.40 bits per heavy atom. The molecule has 0 aromatic heterocycles. The van der Waals surface area contributed by atoms with Crippen molar-refractivity contribution in [2.24, 2.45) is 0 Å². The van der Waals surface area contributed by atoms with Gasteiger partial charge in [-0.2, -0.15) is 10.5 Å². The Morgan fingerprint density at radius 1 is 1.07 bits per heavy atom. The van der Waals surface area contributed by atoms with Gasteiger partial charge in [-0.15, -0.1) is 0 Å². The third-order valence-electron chi connectivity index (χ3n) is 1.94.